The fourth-order valence-electron chi connectivity index (χ4n) is 3.35. The molecule has 0 N–H and O–H groups in total. The SMILES string of the molecule is COC(=O)c1cccc(-c2ccc3c(c2)c(C=O)cn3S(=O)(=O)c2ccccc2)c1. The Hall–Kier alpha value is -3.71. The summed E-state index contributed by atoms with van der Waals surface area (Å²) in [4.78, 5) is 23.6. The number of carbonyl (C=O) groups is 2. The van der Waals surface area contributed by atoms with E-state index in [0.29, 0.717) is 22.8 Å². The second kappa shape index (κ2) is 7.61. The van der Waals surface area contributed by atoms with Crippen LogP contribution in [0.15, 0.2) is 83.9 Å². The van der Waals surface area contributed by atoms with Gasteiger partial charge in [-0.05, 0) is 47.5 Å². The summed E-state index contributed by atoms with van der Waals surface area (Å²) in [6.07, 6.45) is 1.96. The number of carbonyl (C=O) groups excluding carboxylic acids is 2. The quantitative estimate of drug-likeness (QED) is 0.359. The summed E-state index contributed by atoms with van der Waals surface area (Å²) in [5.41, 5.74) is 2.54. The van der Waals surface area contributed by atoms with Gasteiger partial charge in [0, 0.05) is 17.1 Å². The van der Waals surface area contributed by atoms with E-state index in [9.17, 15) is 18.0 Å². The molecule has 0 radical (unpaired) electrons. The summed E-state index contributed by atoms with van der Waals surface area (Å²) in [7, 11) is -2.54. The molecule has 0 aliphatic carbocycles. The van der Waals surface area contributed by atoms with Crippen molar-refractivity contribution in [2.75, 3.05) is 7.11 Å². The maximum absolute atomic E-state index is 13.1. The van der Waals surface area contributed by atoms with Gasteiger partial charge in [0.1, 0.15) is 0 Å². The van der Waals surface area contributed by atoms with Gasteiger partial charge in [0.05, 0.1) is 23.1 Å². The first-order valence-electron chi connectivity index (χ1n) is 9.05. The molecule has 0 aliphatic rings. The predicted octanol–water partition coefficient (Wildman–Crippen LogP) is 4.14. The number of ether oxygens (including phenoxy) is 1. The Labute approximate surface area is 173 Å². The van der Waals surface area contributed by atoms with Crippen molar-refractivity contribution in [3.63, 3.8) is 0 Å². The summed E-state index contributed by atoms with van der Waals surface area (Å²) in [6.45, 7) is 0. The highest BCUT2D eigenvalue weighted by molar-refractivity contribution is 7.90. The van der Waals surface area contributed by atoms with Crippen molar-refractivity contribution < 1.29 is 22.7 Å². The topological polar surface area (TPSA) is 82.4 Å². The molecule has 0 bridgehead atoms. The Morgan fingerprint density at radius 2 is 1.67 bits per heavy atom. The number of aldehydes is 1. The minimum atomic E-state index is -3.86. The number of aromatic nitrogens is 1. The zero-order chi connectivity index (χ0) is 21.3. The van der Waals surface area contributed by atoms with E-state index in [4.69, 9.17) is 4.74 Å². The number of esters is 1. The minimum Gasteiger partial charge on any atom is -0.465 e. The van der Waals surface area contributed by atoms with Gasteiger partial charge in [-0.3, -0.25) is 4.79 Å². The van der Waals surface area contributed by atoms with Gasteiger partial charge in [-0.1, -0.05) is 36.4 Å². The van der Waals surface area contributed by atoms with E-state index in [-0.39, 0.29) is 10.5 Å². The molecule has 1 aromatic heterocycles. The Balaban J connectivity index is 1.88. The van der Waals surface area contributed by atoms with Crippen molar-refractivity contribution in [3.05, 3.63) is 90.1 Å². The van der Waals surface area contributed by atoms with Crippen LogP contribution in [0, 0.1) is 0 Å². The molecule has 0 saturated carbocycles. The van der Waals surface area contributed by atoms with Gasteiger partial charge in [-0.15, -0.1) is 0 Å². The lowest BCUT2D eigenvalue weighted by molar-refractivity contribution is 0.0600. The molecule has 6 nitrogen and oxygen atoms in total. The molecule has 0 saturated heterocycles. The van der Waals surface area contributed by atoms with Crippen LogP contribution in [-0.4, -0.2) is 31.8 Å². The van der Waals surface area contributed by atoms with Crippen LogP contribution in [0.1, 0.15) is 20.7 Å². The van der Waals surface area contributed by atoms with E-state index in [1.807, 2.05) is 6.07 Å². The van der Waals surface area contributed by atoms with Crippen LogP contribution in [0.4, 0.5) is 0 Å². The molecule has 0 fully saturated rings. The number of rotatable bonds is 5. The molecule has 0 unspecified atom stereocenters. The Bertz CT molecular complexity index is 1370. The van der Waals surface area contributed by atoms with Gasteiger partial charge in [0.25, 0.3) is 10.0 Å². The van der Waals surface area contributed by atoms with Crippen LogP contribution < -0.4 is 0 Å². The third-order valence-corrected chi connectivity index (χ3v) is 6.53. The standard InChI is InChI=1S/C23H17NO5S/c1-29-23(26)18-7-5-6-16(12-18)17-10-11-22-21(13-17)19(15-25)14-24(22)30(27,28)20-8-3-2-4-9-20/h2-15H,1H3. The molecule has 30 heavy (non-hydrogen) atoms. The molecular weight excluding hydrogens is 402 g/mol. The van der Waals surface area contributed by atoms with E-state index in [2.05, 4.69) is 0 Å². The number of methoxy groups -OCH3 is 1. The molecule has 4 rings (SSSR count). The van der Waals surface area contributed by atoms with Crippen LogP contribution >= 0.6 is 0 Å². The number of hydrogen-bond acceptors (Lipinski definition) is 5. The van der Waals surface area contributed by atoms with E-state index < -0.39 is 16.0 Å². The number of fused-ring (bicyclic) bond motifs is 1. The smallest absolute Gasteiger partial charge is 0.337 e. The van der Waals surface area contributed by atoms with E-state index in [1.54, 1.807) is 54.6 Å². The maximum Gasteiger partial charge on any atom is 0.337 e. The van der Waals surface area contributed by atoms with Crippen molar-refractivity contribution in [3.8, 4) is 11.1 Å². The van der Waals surface area contributed by atoms with Gasteiger partial charge < -0.3 is 4.74 Å². The largest absolute Gasteiger partial charge is 0.465 e. The van der Waals surface area contributed by atoms with Gasteiger partial charge in [-0.2, -0.15) is 0 Å². The van der Waals surface area contributed by atoms with Crippen LogP contribution in [0.3, 0.4) is 0 Å². The maximum atomic E-state index is 13.1. The lowest BCUT2D eigenvalue weighted by atomic mass is 10.0. The van der Waals surface area contributed by atoms with Gasteiger partial charge in [0.2, 0.25) is 0 Å². The summed E-state index contributed by atoms with van der Waals surface area (Å²) < 4.78 is 32.0. The van der Waals surface area contributed by atoms with Crippen LogP contribution in [-0.2, 0) is 14.8 Å². The third-order valence-electron chi connectivity index (χ3n) is 4.85. The van der Waals surface area contributed by atoms with Crippen LogP contribution in [0.25, 0.3) is 22.0 Å². The number of hydrogen-bond donors (Lipinski definition) is 0. The molecule has 4 aromatic rings. The van der Waals surface area contributed by atoms with Crippen LogP contribution in [0.5, 0.6) is 0 Å². The van der Waals surface area contributed by atoms with Gasteiger partial charge in [-0.25, -0.2) is 17.2 Å². The molecule has 0 spiro atoms. The monoisotopic (exact) mass is 419 g/mol. The highest BCUT2D eigenvalue weighted by Crippen LogP contribution is 2.30. The highest BCUT2D eigenvalue weighted by Gasteiger charge is 2.21. The number of nitrogens with zero attached hydrogens (tertiary/aromatic N) is 1. The molecule has 7 heteroatoms. The zero-order valence-corrected chi connectivity index (χ0v) is 16.8. The Kier molecular flexibility index (Phi) is 4.97. The number of benzene rings is 3. The molecule has 1 heterocycles. The van der Waals surface area contributed by atoms with Crippen molar-refractivity contribution >= 4 is 33.2 Å². The summed E-state index contributed by atoms with van der Waals surface area (Å²) in [6, 6.07) is 20.1. The van der Waals surface area contributed by atoms with Crippen molar-refractivity contribution in [2.24, 2.45) is 0 Å². The molecule has 0 atom stereocenters. The fraction of sp³-hybridized carbons (Fsp3) is 0.0435. The highest BCUT2D eigenvalue weighted by atomic mass is 32.2. The second-order valence-corrected chi connectivity index (χ2v) is 8.44. The van der Waals surface area contributed by atoms with Crippen LogP contribution in [0.2, 0.25) is 0 Å². The predicted molar refractivity (Wildman–Crippen MR) is 113 cm³/mol. The van der Waals surface area contributed by atoms with Crippen molar-refractivity contribution in [1.29, 1.82) is 0 Å². The average molecular weight is 419 g/mol. The minimum absolute atomic E-state index is 0.134. The first-order valence-corrected chi connectivity index (χ1v) is 10.5. The molecular formula is C23H17NO5S. The molecule has 0 aliphatic heterocycles. The normalized spacial score (nSPS) is 11.4. The summed E-state index contributed by atoms with van der Waals surface area (Å²) in [5, 5.41) is 0.505. The van der Waals surface area contributed by atoms with Crippen molar-refractivity contribution in [2.45, 2.75) is 4.90 Å². The van der Waals surface area contributed by atoms with Crippen molar-refractivity contribution in [1.82, 2.24) is 3.97 Å². The summed E-state index contributed by atoms with van der Waals surface area (Å²) in [5.74, 6) is -0.452. The first kappa shape index (κ1) is 19.6. The van der Waals surface area contributed by atoms with Gasteiger partial charge in [0.15, 0.2) is 6.29 Å². The first-order chi connectivity index (χ1) is 14.5. The lowest BCUT2D eigenvalue weighted by Gasteiger charge is -2.08. The van der Waals surface area contributed by atoms with E-state index >= 15 is 0 Å². The second-order valence-electron chi connectivity index (χ2n) is 6.62. The van der Waals surface area contributed by atoms with E-state index in [0.717, 1.165) is 15.1 Å². The van der Waals surface area contributed by atoms with Gasteiger partial charge >= 0.3 is 5.97 Å². The third kappa shape index (κ3) is 3.29. The molecule has 3 aromatic carbocycles. The van der Waals surface area contributed by atoms with E-state index in [1.165, 1.54) is 25.4 Å². The Morgan fingerprint density at radius 3 is 2.37 bits per heavy atom. The fourth-order valence-corrected chi connectivity index (χ4v) is 4.75. The zero-order valence-electron chi connectivity index (χ0n) is 16.0. The average Bonchev–Trinajstić information content (AvgIpc) is 3.18. The summed E-state index contributed by atoms with van der Waals surface area (Å²) >= 11 is 0. The molecule has 0 amide bonds. The lowest BCUT2D eigenvalue weighted by Crippen LogP contribution is -2.11. The molecule has 150 valence electrons. The Morgan fingerprint density at radius 1 is 0.933 bits per heavy atom.